The quantitative estimate of drug-likeness (QED) is 0.775. The number of nitrogens with zero attached hydrogens (tertiary/aromatic N) is 2. The highest BCUT2D eigenvalue weighted by Gasteiger charge is 2.11. The topological polar surface area (TPSA) is 65.8 Å². The molecule has 3 rings (SSSR count). The van der Waals surface area contributed by atoms with Crippen LogP contribution in [0.25, 0.3) is 10.2 Å². The molecule has 6 heteroatoms. The van der Waals surface area contributed by atoms with Gasteiger partial charge in [-0.05, 0) is 36.4 Å². The van der Waals surface area contributed by atoms with E-state index in [4.69, 9.17) is 16.9 Å². The second-order valence-electron chi connectivity index (χ2n) is 4.27. The average molecular weight is 314 g/mol. The number of thiazole rings is 1. The summed E-state index contributed by atoms with van der Waals surface area (Å²) in [6.45, 7) is 0. The predicted octanol–water partition coefficient (Wildman–Crippen LogP) is 4.07. The van der Waals surface area contributed by atoms with Gasteiger partial charge in [-0.3, -0.25) is 4.79 Å². The van der Waals surface area contributed by atoms with Crippen LogP contribution in [0.5, 0.6) is 0 Å². The molecule has 0 bridgehead atoms. The minimum Gasteiger partial charge on any atom is -0.321 e. The van der Waals surface area contributed by atoms with Gasteiger partial charge in [0, 0.05) is 5.56 Å². The minimum absolute atomic E-state index is 0.239. The van der Waals surface area contributed by atoms with Gasteiger partial charge in [0.1, 0.15) is 5.52 Å². The van der Waals surface area contributed by atoms with Crippen LogP contribution in [0.4, 0.5) is 5.69 Å². The Labute approximate surface area is 129 Å². The molecule has 0 aliphatic rings. The van der Waals surface area contributed by atoms with Gasteiger partial charge in [-0.1, -0.05) is 11.6 Å². The fourth-order valence-corrected chi connectivity index (χ4v) is 2.95. The Morgan fingerprint density at radius 1 is 1.24 bits per heavy atom. The molecule has 0 saturated heterocycles. The first-order chi connectivity index (χ1) is 10.2. The summed E-state index contributed by atoms with van der Waals surface area (Å²) in [6, 6.07) is 11.9. The van der Waals surface area contributed by atoms with Gasteiger partial charge >= 0.3 is 0 Å². The number of hydrogen-bond donors (Lipinski definition) is 1. The van der Waals surface area contributed by atoms with Gasteiger partial charge in [0.2, 0.25) is 0 Å². The normalized spacial score (nSPS) is 10.3. The average Bonchev–Trinajstić information content (AvgIpc) is 3.01. The fraction of sp³-hybridized carbons (Fsp3) is 0. The van der Waals surface area contributed by atoms with Crippen LogP contribution in [0.15, 0.2) is 41.9 Å². The van der Waals surface area contributed by atoms with Crippen LogP contribution in [-0.4, -0.2) is 10.9 Å². The molecule has 1 N–H and O–H groups in total. The van der Waals surface area contributed by atoms with E-state index in [0.29, 0.717) is 27.4 Å². The molecule has 0 radical (unpaired) electrons. The number of carbonyl (C=O) groups is 1. The molecule has 1 amide bonds. The van der Waals surface area contributed by atoms with Crippen LogP contribution in [0.3, 0.4) is 0 Å². The number of hydrogen-bond acceptors (Lipinski definition) is 4. The maximum absolute atomic E-state index is 12.2. The third kappa shape index (κ3) is 2.59. The Bertz CT molecular complexity index is 865. The van der Waals surface area contributed by atoms with Crippen LogP contribution in [0.1, 0.15) is 15.9 Å². The molecule has 4 nitrogen and oxygen atoms in total. The Hall–Kier alpha value is -2.42. The summed E-state index contributed by atoms with van der Waals surface area (Å²) in [6.07, 6.45) is 0. The van der Waals surface area contributed by atoms with Crippen molar-refractivity contribution in [2.24, 2.45) is 0 Å². The number of amides is 1. The van der Waals surface area contributed by atoms with Crippen molar-refractivity contribution in [3.63, 3.8) is 0 Å². The van der Waals surface area contributed by atoms with Crippen molar-refractivity contribution in [1.29, 1.82) is 5.26 Å². The van der Waals surface area contributed by atoms with E-state index in [9.17, 15) is 4.79 Å². The maximum atomic E-state index is 12.2. The molecular formula is C15H8ClN3OS. The summed E-state index contributed by atoms with van der Waals surface area (Å²) in [5, 5.41) is 12.2. The monoisotopic (exact) mass is 313 g/mol. The number of halogens is 1. The molecule has 0 unspecified atom stereocenters. The first-order valence-corrected chi connectivity index (χ1v) is 7.28. The lowest BCUT2D eigenvalue weighted by Crippen LogP contribution is -2.11. The van der Waals surface area contributed by atoms with E-state index < -0.39 is 0 Å². The van der Waals surface area contributed by atoms with E-state index in [1.54, 1.807) is 41.9 Å². The number of carbonyl (C=O) groups excluding carboxylic acids is 1. The summed E-state index contributed by atoms with van der Waals surface area (Å²) >= 11 is 7.48. The number of fused-ring (bicyclic) bond motifs is 1. The molecule has 0 atom stereocenters. The standard InChI is InChI=1S/C15H8ClN3OS/c16-11-5-6-12(14-13(11)18-8-21-14)19-15(20)10-3-1-9(7-17)2-4-10/h1-6,8H,(H,19,20). The van der Waals surface area contributed by atoms with Gasteiger partial charge < -0.3 is 5.32 Å². The Balaban J connectivity index is 1.91. The van der Waals surface area contributed by atoms with Crippen molar-refractivity contribution in [2.75, 3.05) is 5.32 Å². The lowest BCUT2D eigenvalue weighted by molar-refractivity contribution is 0.102. The van der Waals surface area contributed by atoms with Crippen molar-refractivity contribution >= 4 is 44.7 Å². The molecule has 21 heavy (non-hydrogen) atoms. The summed E-state index contributed by atoms with van der Waals surface area (Å²) in [5.41, 5.74) is 4.04. The molecule has 102 valence electrons. The van der Waals surface area contributed by atoms with Gasteiger partial charge in [-0.25, -0.2) is 4.98 Å². The van der Waals surface area contributed by atoms with E-state index in [-0.39, 0.29) is 5.91 Å². The summed E-state index contributed by atoms with van der Waals surface area (Å²) < 4.78 is 0.837. The zero-order valence-corrected chi connectivity index (χ0v) is 12.2. The molecular weight excluding hydrogens is 306 g/mol. The molecule has 0 saturated carbocycles. The number of nitriles is 1. The van der Waals surface area contributed by atoms with Gasteiger partial charge in [-0.2, -0.15) is 5.26 Å². The number of benzene rings is 2. The predicted molar refractivity (Wildman–Crippen MR) is 83.7 cm³/mol. The molecule has 0 fully saturated rings. The lowest BCUT2D eigenvalue weighted by atomic mass is 10.1. The molecule has 1 heterocycles. The zero-order valence-electron chi connectivity index (χ0n) is 10.6. The van der Waals surface area contributed by atoms with E-state index in [0.717, 1.165) is 4.70 Å². The minimum atomic E-state index is -0.239. The molecule has 0 aliphatic carbocycles. The molecule has 0 aliphatic heterocycles. The first kappa shape index (κ1) is 13.6. The second-order valence-corrected chi connectivity index (χ2v) is 5.53. The largest absolute Gasteiger partial charge is 0.321 e. The number of aromatic nitrogens is 1. The lowest BCUT2D eigenvalue weighted by Gasteiger charge is -2.06. The van der Waals surface area contributed by atoms with Gasteiger partial charge in [0.25, 0.3) is 5.91 Å². The van der Waals surface area contributed by atoms with Crippen molar-refractivity contribution in [1.82, 2.24) is 4.98 Å². The van der Waals surface area contributed by atoms with Crippen LogP contribution in [0, 0.1) is 11.3 Å². The van der Waals surface area contributed by atoms with E-state index in [1.807, 2.05) is 6.07 Å². The van der Waals surface area contributed by atoms with Crippen molar-refractivity contribution in [3.05, 3.63) is 58.1 Å². The number of nitrogens with one attached hydrogen (secondary N) is 1. The van der Waals surface area contributed by atoms with E-state index in [2.05, 4.69) is 10.3 Å². The number of rotatable bonds is 2. The van der Waals surface area contributed by atoms with Crippen LogP contribution in [-0.2, 0) is 0 Å². The molecule has 0 spiro atoms. The van der Waals surface area contributed by atoms with Gasteiger partial charge in [-0.15, -0.1) is 11.3 Å². The highest BCUT2D eigenvalue weighted by molar-refractivity contribution is 7.17. The van der Waals surface area contributed by atoms with E-state index >= 15 is 0 Å². The van der Waals surface area contributed by atoms with Crippen molar-refractivity contribution < 1.29 is 4.79 Å². The number of anilines is 1. The molecule has 2 aromatic carbocycles. The highest BCUT2D eigenvalue weighted by atomic mass is 35.5. The molecule has 3 aromatic rings. The van der Waals surface area contributed by atoms with Crippen molar-refractivity contribution in [2.45, 2.75) is 0 Å². The summed E-state index contributed by atoms with van der Waals surface area (Å²) in [4.78, 5) is 16.4. The van der Waals surface area contributed by atoms with Crippen LogP contribution >= 0.6 is 22.9 Å². The third-order valence-corrected chi connectivity index (χ3v) is 4.12. The Kier molecular flexibility index (Phi) is 3.57. The van der Waals surface area contributed by atoms with Crippen LogP contribution in [0.2, 0.25) is 5.02 Å². The van der Waals surface area contributed by atoms with Gasteiger partial charge in [0.05, 0.1) is 32.6 Å². The van der Waals surface area contributed by atoms with Crippen LogP contribution < -0.4 is 5.32 Å². The Morgan fingerprint density at radius 2 is 2.00 bits per heavy atom. The Morgan fingerprint density at radius 3 is 2.71 bits per heavy atom. The highest BCUT2D eigenvalue weighted by Crippen LogP contribution is 2.32. The van der Waals surface area contributed by atoms with Crippen molar-refractivity contribution in [3.8, 4) is 6.07 Å². The smallest absolute Gasteiger partial charge is 0.255 e. The zero-order chi connectivity index (χ0) is 14.8. The SMILES string of the molecule is N#Cc1ccc(C(=O)Nc2ccc(Cl)c3ncsc23)cc1. The summed E-state index contributed by atoms with van der Waals surface area (Å²) in [7, 11) is 0. The first-order valence-electron chi connectivity index (χ1n) is 6.02. The molecule has 1 aromatic heterocycles. The summed E-state index contributed by atoms with van der Waals surface area (Å²) in [5.74, 6) is -0.239. The third-order valence-electron chi connectivity index (χ3n) is 2.96. The van der Waals surface area contributed by atoms with E-state index in [1.165, 1.54) is 11.3 Å². The van der Waals surface area contributed by atoms with Gasteiger partial charge in [0.15, 0.2) is 0 Å². The maximum Gasteiger partial charge on any atom is 0.255 e. The second kappa shape index (κ2) is 5.52. The fourth-order valence-electron chi connectivity index (χ4n) is 1.91.